The summed E-state index contributed by atoms with van der Waals surface area (Å²) < 4.78 is 7.59. The van der Waals surface area contributed by atoms with Crippen LogP contribution < -0.4 is 16.6 Å². The van der Waals surface area contributed by atoms with Gasteiger partial charge in [-0.05, 0) is 12.8 Å². The van der Waals surface area contributed by atoms with E-state index in [-0.39, 0.29) is 11.8 Å². The summed E-state index contributed by atoms with van der Waals surface area (Å²) in [6.45, 7) is 2.84. The van der Waals surface area contributed by atoms with Gasteiger partial charge in [-0.25, -0.2) is 9.78 Å². The Kier molecular flexibility index (Phi) is 7.03. The molecule has 3 rings (SSSR count). The topological polar surface area (TPSA) is 131 Å². The van der Waals surface area contributed by atoms with Crippen LogP contribution in [0.5, 0.6) is 0 Å². The van der Waals surface area contributed by atoms with E-state index in [1.54, 1.807) is 11.9 Å². The fourth-order valence-electron chi connectivity index (χ4n) is 3.44. The second kappa shape index (κ2) is 9.70. The quantitative estimate of drug-likeness (QED) is 0.529. The van der Waals surface area contributed by atoms with Gasteiger partial charge in [0.1, 0.15) is 11.3 Å². The molecule has 0 aromatic carbocycles. The number of morpholine rings is 1. The van der Waals surface area contributed by atoms with Gasteiger partial charge in [0.25, 0.3) is 5.56 Å². The van der Waals surface area contributed by atoms with E-state index in [9.17, 15) is 19.2 Å². The predicted octanol–water partition coefficient (Wildman–Crippen LogP) is -0.962. The molecule has 0 bridgehead atoms. The predicted molar refractivity (Wildman–Crippen MR) is 109 cm³/mol. The maximum Gasteiger partial charge on any atom is 0.332 e. The van der Waals surface area contributed by atoms with Crippen molar-refractivity contribution in [2.24, 2.45) is 14.1 Å². The molecule has 2 aromatic heterocycles. The van der Waals surface area contributed by atoms with Crippen molar-refractivity contribution in [3.05, 3.63) is 26.7 Å². The van der Waals surface area contributed by atoms with Gasteiger partial charge >= 0.3 is 5.69 Å². The van der Waals surface area contributed by atoms with Crippen molar-refractivity contribution < 1.29 is 14.3 Å². The van der Waals surface area contributed by atoms with Gasteiger partial charge in [-0.3, -0.25) is 23.5 Å². The molecule has 0 saturated carbocycles. The Labute approximate surface area is 173 Å². The number of rotatable bonds is 8. The summed E-state index contributed by atoms with van der Waals surface area (Å²) in [6.07, 6.45) is 2.34. The number of carbonyl (C=O) groups is 2. The minimum atomic E-state index is -0.426. The lowest BCUT2D eigenvalue weighted by Crippen LogP contribution is -2.40. The van der Waals surface area contributed by atoms with Crippen LogP contribution in [0.25, 0.3) is 11.2 Å². The molecule has 1 aliphatic heterocycles. The number of fused-ring (bicyclic) bond motifs is 1. The maximum atomic E-state index is 12.2. The fourth-order valence-corrected chi connectivity index (χ4v) is 3.44. The highest BCUT2D eigenvalue weighted by atomic mass is 16.5. The van der Waals surface area contributed by atoms with Gasteiger partial charge in [0, 0.05) is 53.0 Å². The number of imidazole rings is 1. The molecule has 0 aliphatic carbocycles. The van der Waals surface area contributed by atoms with E-state index < -0.39 is 11.2 Å². The van der Waals surface area contributed by atoms with Crippen LogP contribution in [0.4, 0.5) is 0 Å². The Morgan fingerprint density at radius 3 is 2.57 bits per heavy atom. The van der Waals surface area contributed by atoms with E-state index in [1.807, 2.05) is 0 Å². The first-order chi connectivity index (χ1) is 14.4. The van der Waals surface area contributed by atoms with Gasteiger partial charge in [0.2, 0.25) is 11.8 Å². The average molecular weight is 420 g/mol. The summed E-state index contributed by atoms with van der Waals surface area (Å²) in [5, 5.41) is 2.83. The van der Waals surface area contributed by atoms with Crippen LogP contribution in [0.3, 0.4) is 0 Å². The van der Waals surface area contributed by atoms with Crippen LogP contribution >= 0.6 is 0 Å². The van der Waals surface area contributed by atoms with Crippen LogP contribution in [0.2, 0.25) is 0 Å². The van der Waals surface area contributed by atoms with Gasteiger partial charge in [-0.2, -0.15) is 0 Å². The molecular formula is C19H28N6O5. The minimum Gasteiger partial charge on any atom is -0.378 e. The number of hydrogen-bond donors (Lipinski definition) is 2. The number of aromatic nitrogens is 4. The molecule has 164 valence electrons. The standard InChI is InChI=1S/C19H28N6O5/c1-23-17-16(18(28)24(2)19(23)29)21-13(22-17)5-4-8-20-14(26)6-3-7-15(27)25-9-11-30-12-10-25/h3-12H2,1-2H3,(H,20,26)(H,21,22). The first-order valence-electron chi connectivity index (χ1n) is 10.2. The molecule has 0 unspecified atom stereocenters. The van der Waals surface area contributed by atoms with Crippen LogP contribution in [-0.4, -0.2) is 68.7 Å². The Morgan fingerprint density at radius 2 is 1.83 bits per heavy atom. The van der Waals surface area contributed by atoms with Crippen molar-refractivity contribution in [3.63, 3.8) is 0 Å². The van der Waals surface area contributed by atoms with Crippen molar-refractivity contribution >= 4 is 23.0 Å². The normalized spacial score (nSPS) is 14.3. The first kappa shape index (κ1) is 21.8. The second-order valence-corrected chi connectivity index (χ2v) is 7.39. The minimum absolute atomic E-state index is 0.0662. The van der Waals surface area contributed by atoms with Gasteiger partial charge in [-0.15, -0.1) is 0 Å². The molecular weight excluding hydrogens is 392 g/mol. The third-order valence-electron chi connectivity index (χ3n) is 5.21. The lowest BCUT2D eigenvalue weighted by molar-refractivity contribution is -0.135. The summed E-state index contributed by atoms with van der Waals surface area (Å²) >= 11 is 0. The van der Waals surface area contributed by atoms with Crippen molar-refractivity contribution in [1.82, 2.24) is 29.3 Å². The van der Waals surface area contributed by atoms with E-state index in [4.69, 9.17) is 4.74 Å². The molecule has 30 heavy (non-hydrogen) atoms. The number of aromatic amines is 1. The number of carbonyl (C=O) groups excluding carboxylic acids is 2. The SMILES string of the molecule is Cn1c(=O)c2[nH]c(CCCNC(=O)CCCC(=O)N3CCOCC3)nc2n(C)c1=O. The summed E-state index contributed by atoms with van der Waals surface area (Å²) in [6, 6.07) is 0. The van der Waals surface area contributed by atoms with E-state index in [0.29, 0.717) is 81.9 Å². The van der Waals surface area contributed by atoms with E-state index in [0.717, 1.165) is 4.57 Å². The second-order valence-electron chi connectivity index (χ2n) is 7.39. The molecule has 3 heterocycles. The molecule has 2 aromatic rings. The first-order valence-corrected chi connectivity index (χ1v) is 10.2. The zero-order valence-electron chi connectivity index (χ0n) is 17.4. The van der Waals surface area contributed by atoms with Crippen molar-refractivity contribution in [2.45, 2.75) is 32.1 Å². The number of aryl methyl sites for hydroxylation is 2. The van der Waals surface area contributed by atoms with Gasteiger partial charge in [-0.1, -0.05) is 0 Å². The number of H-pyrrole nitrogens is 1. The summed E-state index contributed by atoms with van der Waals surface area (Å²) in [5.74, 6) is 0.566. The van der Waals surface area contributed by atoms with Gasteiger partial charge < -0.3 is 19.9 Å². The third kappa shape index (κ3) is 4.96. The number of nitrogens with one attached hydrogen (secondary N) is 2. The maximum absolute atomic E-state index is 12.2. The number of hydrogen-bond acceptors (Lipinski definition) is 6. The Bertz CT molecular complexity index is 1030. The smallest absolute Gasteiger partial charge is 0.332 e. The van der Waals surface area contributed by atoms with E-state index in [2.05, 4.69) is 15.3 Å². The molecule has 11 heteroatoms. The van der Waals surface area contributed by atoms with Crippen LogP contribution in [-0.2, 0) is 34.8 Å². The molecule has 2 N–H and O–H groups in total. The lowest BCUT2D eigenvalue weighted by atomic mass is 10.2. The number of nitrogens with zero attached hydrogens (tertiary/aromatic N) is 4. The lowest BCUT2D eigenvalue weighted by Gasteiger charge is -2.26. The molecule has 11 nitrogen and oxygen atoms in total. The molecule has 1 saturated heterocycles. The van der Waals surface area contributed by atoms with Crippen LogP contribution in [0.1, 0.15) is 31.5 Å². The van der Waals surface area contributed by atoms with Crippen molar-refractivity contribution in [1.29, 1.82) is 0 Å². The Balaban J connectivity index is 1.39. The number of amides is 2. The fraction of sp³-hybridized carbons (Fsp3) is 0.632. The summed E-state index contributed by atoms with van der Waals surface area (Å²) in [7, 11) is 2.99. The largest absolute Gasteiger partial charge is 0.378 e. The zero-order valence-corrected chi connectivity index (χ0v) is 17.4. The molecule has 0 spiro atoms. The molecule has 1 fully saturated rings. The molecule has 1 aliphatic rings. The van der Waals surface area contributed by atoms with Crippen LogP contribution in [0, 0.1) is 0 Å². The highest BCUT2D eigenvalue weighted by molar-refractivity contribution is 5.79. The molecule has 0 radical (unpaired) electrons. The third-order valence-corrected chi connectivity index (χ3v) is 5.21. The molecule has 0 atom stereocenters. The summed E-state index contributed by atoms with van der Waals surface area (Å²) in [5.41, 5.74) is -0.215. The van der Waals surface area contributed by atoms with E-state index >= 15 is 0 Å². The van der Waals surface area contributed by atoms with Crippen molar-refractivity contribution in [2.75, 3.05) is 32.8 Å². The number of ether oxygens (including phenoxy) is 1. The Hall–Kier alpha value is -2.95. The highest BCUT2D eigenvalue weighted by Gasteiger charge is 2.17. The summed E-state index contributed by atoms with van der Waals surface area (Å²) in [4.78, 5) is 57.2. The van der Waals surface area contributed by atoms with Crippen molar-refractivity contribution in [3.8, 4) is 0 Å². The van der Waals surface area contributed by atoms with Gasteiger partial charge in [0.15, 0.2) is 5.65 Å². The van der Waals surface area contributed by atoms with Crippen LogP contribution in [0.15, 0.2) is 9.59 Å². The monoisotopic (exact) mass is 420 g/mol. The van der Waals surface area contributed by atoms with Gasteiger partial charge in [0.05, 0.1) is 13.2 Å². The molecule has 2 amide bonds. The zero-order chi connectivity index (χ0) is 21.7. The highest BCUT2D eigenvalue weighted by Crippen LogP contribution is 2.07. The average Bonchev–Trinajstić information content (AvgIpc) is 3.19. The Morgan fingerprint density at radius 1 is 1.10 bits per heavy atom. The van der Waals surface area contributed by atoms with E-state index in [1.165, 1.54) is 11.6 Å².